The predicted octanol–water partition coefficient (Wildman–Crippen LogP) is -0.0619. The van der Waals surface area contributed by atoms with E-state index in [9.17, 15) is 0 Å². The minimum absolute atomic E-state index is 0.0883. The minimum atomic E-state index is -0.0883. The van der Waals surface area contributed by atoms with Gasteiger partial charge in [0.2, 0.25) is 0 Å². The number of hydrogen-bond acceptors (Lipinski definition) is 5. The fourth-order valence-electron chi connectivity index (χ4n) is 1.18. The molecule has 2 aliphatic heterocycles. The van der Waals surface area contributed by atoms with Crippen LogP contribution in [-0.2, 0) is 0 Å². The Hall–Kier alpha value is -1.11. The summed E-state index contributed by atoms with van der Waals surface area (Å²) in [6, 6.07) is 0. The van der Waals surface area contributed by atoms with Gasteiger partial charge in [0.15, 0.2) is 5.82 Å². The van der Waals surface area contributed by atoms with Crippen molar-refractivity contribution in [2.24, 2.45) is 4.99 Å². The van der Waals surface area contributed by atoms with Gasteiger partial charge in [-0.3, -0.25) is 5.01 Å². The Kier molecular flexibility index (Phi) is 1.95. The number of aliphatic hydroxyl groups is 1. The lowest BCUT2D eigenvalue weighted by atomic mass is 10.3. The molecule has 69 valence electrons. The van der Waals surface area contributed by atoms with Gasteiger partial charge in [0.05, 0.1) is 18.5 Å². The zero-order valence-electron chi connectivity index (χ0n) is 7.06. The summed E-state index contributed by atoms with van der Waals surface area (Å²) in [5.41, 5.74) is 3.55. The standard InChI is InChI=1S/C7H9N4OS/c1-10-3-6-8-5(4-12)2-7(13)11(6)9-10/h2-3,9,12H,4H2,1H3. The van der Waals surface area contributed by atoms with Crippen LogP contribution in [-0.4, -0.2) is 34.5 Å². The van der Waals surface area contributed by atoms with Crippen molar-refractivity contribution < 1.29 is 5.11 Å². The number of fused-ring (bicyclic) bond motifs is 1. The number of rotatable bonds is 1. The van der Waals surface area contributed by atoms with E-state index in [1.807, 2.05) is 7.05 Å². The Morgan fingerprint density at radius 1 is 1.69 bits per heavy atom. The molecule has 0 fully saturated rings. The molecular weight excluding hydrogens is 188 g/mol. The topological polar surface area (TPSA) is 51.1 Å². The van der Waals surface area contributed by atoms with Gasteiger partial charge in [-0.15, -0.1) is 5.53 Å². The second kappa shape index (κ2) is 2.99. The predicted molar refractivity (Wildman–Crippen MR) is 51.0 cm³/mol. The first-order valence-corrected chi connectivity index (χ1v) is 4.20. The van der Waals surface area contributed by atoms with Crippen molar-refractivity contribution in [2.75, 3.05) is 13.7 Å². The molecule has 5 nitrogen and oxygen atoms in total. The fraction of sp³-hybridized carbons (Fsp3) is 0.286. The van der Waals surface area contributed by atoms with Crippen LogP contribution in [0.15, 0.2) is 28.1 Å². The Morgan fingerprint density at radius 3 is 3.15 bits per heavy atom. The van der Waals surface area contributed by atoms with Crippen molar-refractivity contribution in [1.82, 2.24) is 15.6 Å². The molecule has 2 aliphatic rings. The summed E-state index contributed by atoms with van der Waals surface area (Å²) in [6.45, 7) is -0.0883. The van der Waals surface area contributed by atoms with Crippen LogP contribution in [0.3, 0.4) is 0 Å². The van der Waals surface area contributed by atoms with Crippen LogP contribution < -0.4 is 5.53 Å². The van der Waals surface area contributed by atoms with E-state index in [-0.39, 0.29) is 6.61 Å². The van der Waals surface area contributed by atoms with Crippen molar-refractivity contribution in [3.05, 3.63) is 23.1 Å². The number of nitrogens with one attached hydrogen (secondary N) is 1. The highest BCUT2D eigenvalue weighted by molar-refractivity contribution is 7.84. The number of aliphatic imine (C=N–C) groups is 1. The van der Waals surface area contributed by atoms with Gasteiger partial charge in [-0.1, -0.05) is 12.6 Å². The quantitative estimate of drug-likeness (QED) is 0.618. The first-order chi connectivity index (χ1) is 6.20. The average molecular weight is 197 g/mol. The lowest BCUT2D eigenvalue weighted by molar-refractivity contribution is 0.198. The van der Waals surface area contributed by atoms with Crippen molar-refractivity contribution in [1.29, 1.82) is 0 Å². The highest BCUT2D eigenvalue weighted by atomic mass is 32.1. The zero-order chi connectivity index (χ0) is 9.42. The highest BCUT2D eigenvalue weighted by Crippen LogP contribution is 2.23. The van der Waals surface area contributed by atoms with Crippen LogP contribution in [0.4, 0.5) is 0 Å². The first-order valence-electron chi connectivity index (χ1n) is 3.79. The van der Waals surface area contributed by atoms with Gasteiger partial charge >= 0.3 is 0 Å². The summed E-state index contributed by atoms with van der Waals surface area (Å²) in [6.07, 6.45) is 3.47. The van der Waals surface area contributed by atoms with Crippen molar-refractivity contribution in [3.63, 3.8) is 0 Å². The SMILES string of the molecule is CN1C=C2N=C(CO)C=C([S])N2N1. The number of hydrazine groups is 2. The summed E-state index contributed by atoms with van der Waals surface area (Å²) in [7, 11) is 1.85. The Morgan fingerprint density at radius 2 is 2.46 bits per heavy atom. The van der Waals surface area contributed by atoms with Crippen LogP contribution in [0, 0.1) is 0 Å². The van der Waals surface area contributed by atoms with E-state index in [2.05, 4.69) is 10.5 Å². The van der Waals surface area contributed by atoms with E-state index in [1.54, 1.807) is 22.3 Å². The van der Waals surface area contributed by atoms with E-state index in [0.717, 1.165) is 0 Å². The molecule has 0 aromatic rings. The van der Waals surface area contributed by atoms with E-state index in [4.69, 9.17) is 17.7 Å². The van der Waals surface area contributed by atoms with Gasteiger partial charge in [0.1, 0.15) is 5.03 Å². The molecule has 1 radical (unpaired) electrons. The zero-order valence-corrected chi connectivity index (χ0v) is 7.88. The van der Waals surface area contributed by atoms with Gasteiger partial charge < -0.3 is 5.11 Å². The maximum Gasteiger partial charge on any atom is 0.167 e. The van der Waals surface area contributed by atoms with Crippen LogP contribution in [0.2, 0.25) is 0 Å². The van der Waals surface area contributed by atoms with Crippen LogP contribution in [0.1, 0.15) is 0 Å². The molecule has 0 saturated carbocycles. The van der Waals surface area contributed by atoms with E-state index >= 15 is 0 Å². The molecular formula is C7H9N4OS. The molecule has 0 unspecified atom stereocenters. The average Bonchev–Trinajstić information content (AvgIpc) is 2.46. The molecule has 0 aromatic carbocycles. The summed E-state index contributed by atoms with van der Waals surface area (Å²) < 4.78 is 0. The summed E-state index contributed by atoms with van der Waals surface area (Å²) in [5.74, 6) is 0.707. The van der Waals surface area contributed by atoms with Crippen LogP contribution in [0.5, 0.6) is 0 Å². The molecule has 0 atom stereocenters. The maximum absolute atomic E-state index is 8.89. The molecule has 0 bridgehead atoms. The first kappa shape index (κ1) is 8.49. The molecule has 6 heteroatoms. The van der Waals surface area contributed by atoms with Crippen molar-refractivity contribution in [3.8, 4) is 0 Å². The molecule has 13 heavy (non-hydrogen) atoms. The van der Waals surface area contributed by atoms with Gasteiger partial charge in [0, 0.05) is 7.05 Å². The maximum atomic E-state index is 8.89. The number of aliphatic hydroxyl groups excluding tert-OH is 1. The Labute approximate surface area is 81.4 Å². The Bertz CT molecular complexity index is 322. The molecule has 2 heterocycles. The van der Waals surface area contributed by atoms with Gasteiger partial charge in [-0.05, 0) is 6.08 Å². The van der Waals surface area contributed by atoms with E-state index in [0.29, 0.717) is 16.6 Å². The van der Waals surface area contributed by atoms with E-state index < -0.39 is 0 Å². The second-order valence-electron chi connectivity index (χ2n) is 2.78. The molecule has 0 saturated heterocycles. The highest BCUT2D eigenvalue weighted by Gasteiger charge is 2.24. The number of hydrogen-bond donors (Lipinski definition) is 2. The summed E-state index contributed by atoms with van der Waals surface area (Å²) >= 11 is 5.09. The molecule has 2 N–H and O–H groups in total. The summed E-state index contributed by atoms with van der Waals surface area (Å²) in [5, 5.41) is 12.9. The van der Waals surface area contributed by atoms with Gasteiger partial charge in [0.25, 0.3) is 0 Å². The Balaban J connectivity index is 2.33. The molecule has 2 rings (SSSR count). The normalized spacial score (nSPS) is 20.9. The lowest BCUT2D eigenvalue weighted by Gasteiger charge is -2.22. The largest absolute Gasteiger partial charge is 0.390 e. The fourth-order valence-corrected chi connectivity index (χ4v) is 1.45. The molecule has 0 aromatic heterocycles. The van der Waals surface area contributed by atoms with Gasteiger partial charge in [-0.25, -0.2) is 10.0 Å². The summed E-state index contributed by atoms with van der Waals surface area (Å²) in [4.78, 5) is 4.17. The third-order valence-electron chi connectivity index (χ3n) is 1.73. The second-order valence-corrected chi connectivity index (χ2v) is 3.20. The van der Waals surface area contributed by atoms with Crippen LogP contribution in [0.25, 0.3) is 0 Å². The molecule has 0 amide bonds. The molecule has 0 spiro atoms. The monoisotopic (exact) mass is 197 g/mol. The van der Waals surface area contributed by atoms with Crippen LogP contribution >= 0.6 is 12.6 Å². The number of nitrogens with zero attached hydrogens (tertiary/aromatic N) is 3. The van der Waals surface area contributed by atoms with Crippen molar-refractivity contribution in [2.45, 2.75) is 0 Å². The third-order valence-corrected chi connectivity index (χ3v) is 2.03. The minimum Gasteiger partial charge on any atom is -0.390 e. The van der Waals surface area contributed by atoms with E-state index in [1.165, 1.54) is 0 Å². The van der Waals surface area contributed by atoms with Crippen molar-refractivity contribution >= 4 is 18.3 Å². The molecule has 0 aliphatic carbocycles. The smallest absolute Gasteiger partial charge is 0.167 e. The lowest BCUT2D eigenvalue weighted by Crippen LogP contribution is -2.38. The van der Waals surface area contributed by atoms with Gasteiger partial charge in [-0.2, -0.15) is 0 Å². The third kappa shape index (κ3) is 1.39.